The number of hydrogen-bond donors (Lipinski definition) is 1. The van der Waals surface area contributed by atoms with Crippen LogP contribution in [0.3, 0.4) is 0 Å². The number of ketones is 1. The van der Waals surface area contributed by atoms with Crippen molar-refractivity contribution in [1.29, 1.82) is 0 Å². The molecule has 0 bridgehead atoms. The number of ether oxygens (including phenoxy) is 3. The van der Waals surface area contributed by atoms with E-state index in [0.717, 1.165) is 0 Å². The quantitative estimate of drug-likeness (QED) is 0.602. The van der Waals surface area contributed by atoms with Gasteiger partial charge in [-0.1, -0.05) is 6.92 Å². The summed E-state index contributed by atoms with van der Waals surface area (Å²) in [5, 5.41) is 12.9. The predicted molar refractivity (Wildman–Crippen MR) is 121 cm³/mol. The zero-order chi connectivity index (χ0) is 25.2. The van der Waals surface area contributed by atoms with Gasteiger partial charge in [0.05, 0.1) is 47.6 Å². The second-order valence-corrected chi connectivity index (χ2v) is 12.4. The van der Waals surface area contributed by atoms with Crippen molar-refractivity contribution >= 4 is 17.7 Å². The van der Waals surface area contributed by atoms with Gasteiger partial charge in [0.15, 0.2) is 0 Å². The van der Waals surface area contributed by atoms with Gasteiger partial charge in [0, 0.05) is 28.7 Å². The van der Waals surface area contributed by atoms with E-state index in [4.69, 9.17) is 18.6 Å². The molecule has 0 amide bonds. The summed E-state index contributed by atoms with van der Waals surface area (Å²) >= 11 is 0. The van der Waals surface area contributed by atoms with E-state index >= 15 is 0 Å². The molecule has 2 aliphatic carbocycles. The Morgan fingerprint density at radius 3 is 2.49 bits per heavy atom. The molecule has 5 fully saturated rings. The van der Waals surface area contributed by atoms with Gasteiger partial charge < -0.3 is 23.7 Å². The van der Waals surface area contributed by atoms with Gasteiger partial charge in [0.1, 0.15) is 18.5 Å². The zero-order valence-corrected chi connectivity index (χ0v) is 21.0. The van der Waals surface area contributed by atoms with Crippen LogP contribution >= 0.6 is 0 Å². The number of furan rings is 1. The Hall–Kier alpha value is -2.19. The average Bonchev–Trinajstić information content (AvgIpc) is 3.39. The lowest BCUT2D eigenvalue weighted by molar-refractivity contribution is -0.309. The number of rotatable bonds is 1. The van der Waals surface area contributed by atoms with Crippen LogP contribution in [0.2, 0.25) is 0 Å². The van der Waals surface area contributed by atoms with E-state index in [-0.39, 0.29) is 43.0 Å². The van der Waals surface area contributed by atoms with Gasteiger partial charge >= 0.3 is 11.9 Å². The molecule has 6 rings (SSSR count). The van der Waals surface area contributed by atoms with Crippen LogP contribution in [0.25, 0.3) is 0 Å². The van der Waals surface area contributed by atoms with Crippen molar-refractivity contribution in [2.75, 3.05) is 6.61 Å². The summed E-state index contributed by atoms with van der Waals surface area (Å²) in [7, 11) is 0. The van der Waals surface area contributed by atoms with Crippen molar-refractivity contribution in [1.82, 2.24) is 0 Å². The highest BCUT2D eigenvalue weighted by Crippen LogP contribution is 2.75. The van der Waals surface area contributed by atoms with Gasteiger partial charge in [-0.15, -0.1) is 0 Å². The second kappa shape index (κ2) is 6.76. The van der Waals surface area contributed by atoms with Gasteiger partial charge in [-0.25, -0.2) is 0 Å². The molecule has 5 aliphatic rings. The minimum Gasteiger partial charge on any atom is -0.472 e. The molecule has 3 saturated heterocycles. The van der Waals surface area contributed by atoms with Crippen LogP contribution in [-0.2, 0) is 28.6 Å². The number of aliphatic hydroxyl groups is 1. The minimum atomic E-state index is -1.68. The molecule has 0 aromatic carbocycles. The number of carbonyl (C=O) groups excluding carboxylic acids is 3. The summed E-state index contributed by atoms with van der Waals surface area (Å²) in [4.78, 5) is 39.8. The van der Waals surface area contributed by atoms with Crippen LogP contribution in [0, 0.1) is 34.0 Å². The van der Waals surface area contributed by atoms with E-state index in [1.165, 1.54) is 12.5 Å². The number of cyclic esters (lactones) is 2. The van der Waals surface area contributed by atoms with Crippen molar-refractivity contribution < 1.29 is 38.1 Å². The Morgan fingerprint density at radius 1 is 1.06 bits per heavy atom. The van der Waals surface area contributed by atoms with E-state index in [2.05, 4.69) is 0 Å². The Labute approximate surface area is 204 Å². The Kier molecular flexibility index (Phi) is 4.49. The fourth-order valence-corrected chi connectivity index (χ4v) is 9.32. The Morgan fingerprint density at radius 2 is 1.80 bits per heavy atom. The van der Waals surface area contributed by atoms with Gasteiger partial charge in [-0.05, 0) is 52.5 Å². The third-order valence-corrected chi connectivity index (χ3v) is 10.9. The van der Waals surface area contributed by atoms with E-state index in [9.17, 15) is 19.5 Å². The van der Waals surface area contributed by atoms with Crippen molar-refractivity contribution in [3.05, 3.63) is 24.2 Å². The van der Waals surface area contributed by atoms with Crippen molar-refractivity contribution in [2.24, 2.45) is 34.0 Å². The van der Waals surface area contributed by atoms with E-state index in [0.29, 0.717) is 18.4 Å². The molecule has 0 unspecified atom stereocenters. The smallest absolute Gasteiger partial charge is 0.312 e. The van der Waals surface area contributed by atoms with Gasteiger partial charge in [-0.3, -0.25) is 14.4 Å². The maximum Gasteiger partial charge on any atom is 0.312 e. The fourth-order valence-electron chi connectivity index (χ4n) is 9.32. The molecular weight excluding hydrogens is 452 g/mol. The number of carbonyl (C=O) groups is 3. The first kappa shape index (κ1) is 23.2. The molecule has 8 heteroatoms. The number of esters is 2. The second-order valence-electron chi connectivity index (χ2n) is 12.4. The number of hydrogen-bond acceptors (Lipinski definition) is 8. The monoisotopic (exact) mass is 486 g/mol. The van der Waals surface area contributed by atoms with Gasteiger partial charge in [-0.2, -0.15) is 0 Å². The van der Waals surface area contributed by atoms with Gasteiger partial charge in [0.2, 0.25) is 0 Å². The molecule has 2 saturated carbocycles. The third-order valence-electron chi connectivity index (χ3n) is 10.9. The first-order valence-corrected chi connectivity index (χ1v) is 12.7. The average molecular weight is 487 g/mol. The first-order valence-electron chi connectivity index (χ1n) is 12.7. The molecule has 1 spiro atoms. The summed E-state index contributed by atoms with van der Waals surface area (Å²) < 4.78 is 23.4. The summed E-state index contributed by atoms with van der Waals surface area (Å²) in [5.74, 6) is -2.28. The molecule has 3 aliphatic heterocycles. The molecule has 190 valence electrons. The van der Waals surface area contributed by atoms with Crippen LogP contribution in [0.4, 0.5) is 0 Å². The SMILES string of the molecule is C[C@@H]1C(=O)O[C@@H](c2ccoc2)[C@]2(C)CC[C@@H]3[C@@]45COC(=O)C[C@@H]4OC(C)(C)[C@@H]5CC(=O)[C@@]3(C)[C@@]12O. The van der Waals surface area contributed by atoms with Gasteiger partial charge in [0.25, 0.3) is 0 Å². The molecule has 8 nitrogen and oxygen atoms in total. The highest BCUT2D eigenvalue weighted by molar-refractivity contribution is 5.90. The van der Waals surface area contributed by atoms with Crippen LogP contribution in [0.15, 0.2) is 23.0 Å². The number of fused-ring (bicyclic) bond motifs is 3. The summed E-state index contributed by atoms with van der Waals surface area (Å²) in [6.07, 6.45) is 3.39. The molecule has 1 N–H and O–H groups in total. The molecule has 0 radical (unpaired) electrons. The molecule has 9 atom stereocenters. The molecule has 4 heterocycles. The normalized spacial score (nSPS) is 50.3. The lowest BCUT2D eigenvalue weighted by Crippen LogP contribution is -2.78. The highest BCUT2D eigenvalue weighted by Gasteiger charge is 2.81. The van der Waals surface area contributed by atoms with E-state index in [1.807, 2.05) is 27.7 Å². The van der Waals surface area contributed by atoms with Crippen LogP contribution in [0.5, 0.6) is 0 Å². The standard InChI is InChI=1S/C27H34O8/c1-14-22(30)34-21(15-7-9-32-12-15)24(4)8-6-16-25(5,27(14,24)31)18(28)10-17-23(2,3)35-19-11-20(29)33-13-26(16,17)19/h7,9,12,14,16-17,19,21,31H,6,8,10-11,13H2,1-5H3/t14-,16+,17+,19+,21+,24+,25+,26-,27-/m1/s1. The highest BCUT2D eigenvalue weighted by atomic mass is 16.6. The zero-order valence-electron chi connectivity index (χ0n) is 21.0. The number of Topliss-reactive ketones (excluding diaryl/α,β-unsaturated/α-hetero) is 1. The largest absolute Gasteiger partial charge is 0.472 e. The van der Waals surface area contributed by atoms with Crippen LogP contribution in [-0.4, -0.2) is 46.7 Å². The van der Waals surface area contributed by atoms with Crippen LogP contribution in [0.1, 0.15) is 72.0 Å². The van der Waals surface area contributed by atoms with Crippen molar-refractivity contribution in [3.8, 4) is 0 Å². The Balaban J connectivity index is 1.56. The molecular formula is C27H34O8. The summed E-state index contributed by atoms with van der Waals surface area (Å²) in [6, 6.07) is 1.75. The van der Waals surface area contributed by atoms with Crippen LogP contribution < -0.4 is 0 Å². The van der Waals surface area contributed by atoms with Crippen molar-refractivity contribution in [3.63, 3.8) is 0 Å². The topological polar surface area (TPSA) is 112 Å². The van der Waals surface area contributed by atoms with E-state index in [1.54, 1.807) is 13.0 Å². The van der Waals surface area contributed by atoms with Crippen molar-refractivity contribution in [2.45, 2.75) is 83.7 Å². The summed E-state index contributed by atoms with van der Waals surface area (Å²) in [6.45, 7) is 9.56. The maximum atomic E-state index is 14.3. The minimum absolute atomic E-state index is 0.0618. The summed E-state index contributed by atoms with van der Waals surface area (Å²) in [5.41, 5.74) is -4.43. The first-order chi connectivity index (χ1) is 16.3. The fraction of sp³-hybridized carbons (Fsp3) is 0.741. The molecule has 1 aromatic rings. The lowest BCUT2D eigenvalue weighted by atomic mass is 9.34. The Bertz CT molecular complexity index is 1110. The molecule has 35 heavy (non-hydrogen) atoms. The molecule has 1 aromatic heterocycles. The van der Waals surface area contributed by atoms with E-state index < -0.39 is 51.5 Å². The third kappa shape index (κ3) is 2.43. The predicted octanol–water partition coefficient (Wildman–Crippen LogP) is 3.37. The lowest BCUT2D eigenvalue weighted by Gasteiger charge is -2.70. The maximum absolute atomic E-state index is 14.3.